The quantitative estimate of drug-likeness (QED) is 0.597. The van der Waals surface area contributed by atoms with Crippen molar-refractivity contribution in [2.45, 2.75) is 37.0 Å². The number of likely N-dealkylation sites (tertiary alicyclic amines) is 1. The fraction of sp³-hybridized carbons (Fsp3) is 0.417. The summed E-state index contributed by atoms with van der Waals surface area (Å²) >= 11 is 6.28. The second kappa shape index (κ2) is 8.05. The van der Waals surface area contributed by atoms with E-state index >= 15 is 0 Å². The molecule has 2 aliphatic heterocycles. The van der Waals surface area contributed by atoms with Gasteiger partial charge in [-0.1, -0.05) is 35.9 Å². The standard InChI is InChI=1S/C24H25ClN2O3/c25-19-7-3-6-18(15-19)24(10-13-29-14-11-24)23(28)27-12-4-5-17(16-27)22-26-20-8-1-2-9-21(20)30-22/h1-3,6-9,15,17H,4-5,10-14,16H2. The van der Waals surface area contributed by atoms with Crippen LogP contribution in [-0.2, 0) is 14.9 Å². The number of hydrogen-bond donors (Lipinski definition) is 0. The van der Waals surface area contributed by atoms with Crippen molar-refractivity contribution in [2.24, 2.45) is 0 Å². The SMILES string of the molecule is O=C(N1CCCC(c2nc3ccccc3o2)C1)C1(c2cccc(Cl)c2)CCOCC1. The zero-order valence-corrected chi connectivity index (χ0v) is 17.6. The number of nitrogens with zero attached hydrogens (tertiary/aromatic N) is 2. The van der Waals surface area contributed by atoms with Crippen LogP contribution in [0.15, 0.2) is 52.9 Å². The van der Waals surface area contributed by atoms with Crippen molar-refractivity contribution in [3.63, 3.8) is 0 Å². The molecule has 0 spiro atoms. The van der Waals surface area contributed by atoms with Crippen molar-refractivity contribution in [3.05, 3.63) is 65.0 Å². The summed E-state index contributed by atoms with van der Waals surface area (Å²) in [7, 11) is 0. The molecule has 5 rings (SSSR count). The van der Waals surface area contributed by atoms with Crippen molar-refractivity contribution in [1.29, 1.82) is 0 Å². The number of oxazole rings is 1. The Kier molecular flexibility index (Phi) is 5.25. The minimum absolute atomic E-state index is 0.117. The summed E-state index contributed by atoms with van der Waals surface area (Å²) in [4.78, 5) is 20.6. The van der Waals surface area contributed by atoms with Crippen molar-refractivity contribution in [1.82, 2.24) is 9.88 Å². The van der Waals surface area contributed by atoms with Gasteiger partial charge >= 0.3 is 0 Å². The molecule has 2 saturated heterocycles. The van der Waals surface area contributed by atoms with Crippen molar-refractivity contribution in [2.75, 3.05) is 26.3 Å². The van der Waals surface area contributed by atoms with E-state index in [0.29, 0.717) is 37.6 Å². The number of hydrogen-bond acceptors (Lipinski definition) is 4. The molecule has 2 aliphatic rings. The molecule has 0 aliphatic carbocycles. The van der Waals surface area contributed by atoms with Gasteiger partial charge in [0.25, 0.3) is 0 Å². The Hall–Kier alpha value is -2.37. The Morgan fingerprint density at radius 2 is 1.97 bits per heavy atom. The summed E-state index contributed by atoms with van der Waals surface area (Å²) < 4.78 is 11.6. The van der Waals surface area contributed by atoms with Crippen molar-refractivity contribution < 1.29 is 13.9 Å². The number of benzene rings is 2. The van der Waals surface area contributed by atoms with Gasteiger partial charge in [0.1, 0.15) is 5.52 Å². The first-order valence-electron chi connectivity index (χ1n) is 10.6. The number of aromatic nitrogens is 1. The molecule has 0 N–H and O–H groups in total. The second-order valence-electron chi connectivity index (χ2n) is 8.31. The smallest absolute Gasteiger partial charge is 0.233 e. The highest BCUT2D eigenvalue weighted by Crippen LogP contribution is 2.39. The summed E-state index contributed by atoms with van der Waals surface area (Å²) in [6.07, 6.45) is 3.27. The van der Waals surface area contributed by atoms with E-state index in [-0.39, 0.29) is 11.8 Å². The van der Waals surface area contributed by atoms with Gasteiger partial charge in [-0.3, -0.25) is 4.79 Å². The highest BCUT2D eigenvalue weighted by atomic mass is 35.5. The summed E-state index contributed by atoms with van der Waals surface area (Å²) in [6.45, 7) is 2.56. The molecule has 3 heterocycles. The van der Waals surface area contributed by atoms with Gasteiger partial charge in [0.05, 0.1) is 11.3 Å². The highest BCUT2D eigenvalue weighted by Gasteiger charge is 2.45. The molecule has 1 aromatic heterocycles. The van der Waals surface area contributed by atoms with E-state index in [1.807, 2.05) is 53.4 Å². The molecule has 2 aromatic carbocycles. The zero-order chi connectivity index (χ0) is 20.6. The summed E-state index contributed by atoms with van der Waals surface area (Å²) in [6, 6.07) is 15.6. The first-order valence-corrected chi connectivity index (χ1v) is 11.0. The van der Waals surface area contributed by atoms with Crippen LogP contribution in [0.5, 0.6) is 0 Å². The lowest BCUT2D eigenvalue weighted by atomic mass is 9.72. The summed E-state index contributed by atoms with van der Waals surface area (Å²) in [5.74, 6) is 1.03. The maximum atomic E-state index is 13.9. The van der Waals surface area contributed by atoms with Gasteiger partial charge in [-0.15, -0.1) is 0 Å². The maximum Gasteiger partial charge on any atom is 0.233 e. The Morgan fingerprint density at radius 3 is 2.77 bits per heavy atom. The van der Waals surface area contributed by atoms with Crippen LogP contribution < -0.4 is 0 Å². The molecule has 30 heavy (non-hydrogen) atoms. The third-order valence-electron chi connectivity index (χ3n) is 6.50. The fourth-order valence-electron chi connectivity index (χ4n) is 4.86. The average Bonchev–Trinajstić information content (AvgIpc) is 3.24. The fourth-order valence-corrected chi connectivity index (χ4v) is 5.05. The molecule has 3 aromatic rings. The lowest BCUT2D eigenvalue weighted by molar-refractivity contribution is -0.142. The number of para-hydroxylation sites is 2. The number of piperidine rings is 1. The van der Waals surface area contributed by atoms with E-state index < -0.39 is 5.41 Å². The number of rotatable bonds is 3. The molecule has 5 nitrogen and oxygen atoms in total. The third-order valence-corrected chi connectivity index (χ3v) is 6.74. The highest BCUT2D eigenvalue weighted by molar-refractivity contribution is 6.30. The molecule has 0 saturated carbocycles. The van der Waals surface area contributed by atoms with Crippen molar-refractivity contribution >= 4 is 28.6 Å². The van der Waals surface area contributed by atoms with Gasteiger partial charge in [-0.25, -0.2) is 4.98 Å². The molecule has 6 heteroatoms. The van der Waals surface area contributed by atoms with Gasteiger partial charge in [0, 0.05) is 31.3 Å². The van der Waals surface area contributed by atoms with E-state index in [1.54, 1.807) is 0 Å². The number of amides is 1. The van der Waals surface area contributed by atoms with Crippen LogP contribution in [0.3, 0.4) is 0 Å². The molecule has 1 amide bonds. The zero-order valence-electron chi connectivity index (χ0n) is 16.9. The molecule has 1 unspecified atom stereocenters. The molecule has 0 bridgehead atoms. The van der Waals surface area contributed by atoms with Crippen LogP contribution in [0.1, 0.15) is 43.1 Å². The second-order valence-corrected chi connectivity index (χ2v) is 8.75. The van der Waals surface area contributed by atoms with Gasteiger partial charge in [-0.2, -0.15) is 0 Å². The predicted octanol–water partition coefficient (Wildman–Crippen LogP) is 4.94. The van der Waals surface area contributed by atoms with Crippen molar-refractivity contribution in [3.8, 4) is 0 Å². The summed E-state index contributed by atoms with van der Waals surface area (Å²) in [5, 5.41) is 0.661. The van der Waals surface area contributed by atoms with Gasteiger partial charge in [0.15, 0.2) is 11.5 Å². The molecule has 0 radical (unpaired) electrons. The van der Waals surface area contributed by atoms with Gasteiger partial charge in [0.2, 0.25) is 5.91 Å². The third kappa shape index (κ3) is 3.50. The Balaban J connectivity index is 1.43. The van der Waals surface area contributed by atoms with Crippen LogP contribution in [0.2, 0.25) is 5.02 Å². The number of ether oxygens (including phenoxy) is 1. The minimum atomic E-state index is -0.577. The Morgan fingerprint density at radius 1 is 1.13 bits per heavy atom. The first kappa shape index (κ1) is 19.6. The van der Waals surface area contributed by atoms with E-state index in [1.165, 1.54) is 0 Å². The number of carbonyl (C=O) groups excluding carboxylic acids is 1. The lowest BCUT2D eigenvalue weighted by Gasteiger charge is -2.42. The molecular weight excluding hydrogens is 400 g/mol. The lowest BCUT2D eigenvalue weighted by Crippen LogP contribution is -2.52. The van der Waals surface area contributed by atoms with Crippen LogP contribution in [0, 0.1) is 0 Å². The largest absolute Gasteiger partial charge is 0.440 e. The Bertz CT molecular complexity index is 1020. The van der Waals surface area contributed by atoms with E-state index in [9.17, 15) is 4.79 Å². The first-order chi connectivity index (χ1) is 14.7. The monoisotopic (exact) mass is 424 g/mol. The van der Waals surface area contributed by atoms with Crippen LogP contribution in [0.4, 0.5) is 0 Å². The van der Waals surface area contributed by atoms with Crippen LogP contribution in [-0.4, -0.2) is 42.1 Å². The number of halogens is 1. The number of carbonyl (C=O) groups is 1. The predicted molar refractivity (Wildman–Crippen MR) is 116 cm³/mol. The molecule has 1 atom stereocenters. The van der Waals surface area contributed by atoms with Gasteiger partial charge < -0.3 is 14.1 Å². The maximum absolute atomic E-state index is 13.9. The Labute approximate surface area is 181 Å². The number of fused-ring (bicyclic) bond motifs is 1. The van der Waals surface area contributed by atoms with Gasteiger partial charge in [-0.05, 0) is 55.5 Å². The normalized spacial score (nSPS) is 21.6. The van der Waals surface area contributed by atoms with Crippen LogP contribution >= 0.6 is 11.6 Å². The van der Waals surface area contributed by atoms with E-state index in [2.05, 4.69) is 4.98 Å². The minimum Gasteiger partial charge on any atom is -0.440 e. The van der Waals surface area contributed by atoms with E-state index in [4.69, 9.17) is 20.8 Å². The molecule has 156 valence electrons. The van der Waals surface area contributed by atoms with E-state index in [0.717, 1.165) is 41.9 Å². The average molecular weight is 425 g/mol. The van der Waals surface area contributed by atoms with Crippen LogP contribution in [0.25, 0.3) is 11.1 Å². The topological polar surface area (TPSA) is 55.6 Å². The molecule has 2 fully saturated rings. The summed E-state index contributed by atoms with van der Waals surface area (Å²) in [5.41, 5.74) is 2.09. The molecular formula is C24H25ClN2O3.